The molecule has 0 saturated carbocycles. The van der Waals surface area contributed by atoms with E-state index in [4.69, 9.17) is 11.6 Å². The van der Waals surface area contributed by atoms with Gasteiger partial charge in [-0.1, -0.05) is 13.8 Å². The number of thiazole rings is 1. The van der Waals surface area contributed by atoms with E-state index in [1.807, 2.05) is 5.51 Å². The van der Waals surface area contributed by atoms with Crippen LogP contribution in [0.5, 0.6) is 0 Å². The molecule has 0 saturated heterocycles. The number of hydrogen-bond acceptors (Lipinski definition) is 2. The van der Waals surface area contributed by atoms with Crippen LogP contribution >= 0.6 is 22.9 Å². The second-order valence-electron chi connectivity index (χ2n) is 3.45. The first kappa shape index (κ1) is 10.0. The molecule has 1 unspecified atom stereocenters. The van der Waals surface area contributed by atoms with Crippen molar-refractivity contribution in [3.05, 3.63) is 16.6 Å². The number of aromatic nitrogens is 1. The summed E-state index contributed by atoms with van der Waals surface area (Å²) in [5.41, 5.74) is 3.26. The standard InChI is InChI=1S/C9H14ClNS/c1-3-9(2,6-10)4-8-5-12-7-11-8/h5,7H,3-4,6H2,1-2H3. The molecular weight excluding hydrogens is 190 g/mol. The molecule has 0 fully saturated rings. The lowest BCUT2D eigenvalue weighted by molar-refractivity contribution is 0.352. The summed E-state index contributed by atoms with van der Waals surface area (Å²) in [7, 11) is 0. The number of halogens is 1. The lowest BCUT2D eigenvalue weighted by atomic mass is 9.85. The molecule has 1 rings (SSSR count). The maximum atomic E-state index is 5.90. The minimum atomic E-state index is 0.218. The van der Waals surface area contributed by atoms with Gasteiger partial charge in [0.15, 0.2) is 0 Å². The van der Waals surface area contributed by atoms with Gasteiger partial charge in [0, 0.05) is 11.3 Å². The highest BCUT2D eigenvalue weighted by atomic mass is 35.5. The second kappa shape index (κ2) is 4.24. The Labute approximate surface area is 82.8 Å². The number of alkyl halides is 1. The number of nitrogens with zero attached hydrogens (tertiary/aromatic N) is 1. The Morgan fingerprint density at radius 3 is 2.83 bits per heavy atom. The molecule has 0 N–H and O–H groups in total. The van der Waals surface area contributed by atoms with Crippen LogP contribution in [-0.2, 0) is 6.42 Å². The Morgan fingerprint density at radius 2 is 2.42 bits per heavy atom. The summed E-state index contributed by atoms with van der Waals surface area (Å²) in [5, 5.41) is 2.10. The van der Waals surface area contributed by atoms with Gasteiger partial charge in [-0.05, 0) is 18.3 Å². The van der Waals surface area contributed by atoms with Crippen molar-refractivity contribution in [3.63, 3.8) is 0 Å². The molecule has 1 aromatic rings. The molecule has 1 nitrogen and oxygen atoms in total. The van der Waals surface area contributed by atoms with Gasteiger partial charge < -0.3 is 0 Å². The lowest BCUT2D eigenvalue weighted by Crippen LogP contribution is -2.20. The summed E-state index contributed by atoms with van der Waals surface area (Å²) in [5.74, 6) is 0.709. The average molecular weight is 204 g/mol. The third kappa shape index (κ3) is 2.46. The quantitative estimate of drug-likeness (QED) is 0.685. The summed E-state index contributed by atoms with van der Waals surface area (Å²) >= 11 is 7.55. The van der Waals surface area contributed by atoms with E-state index < -0.39 is 0 Å². The van der Waals surface area contributed by atoms with Crippen molar-refractivity contribution in [1.29, 1.82) is 0 Å². The third-order valence-corrected chi connectivity index (χ3v) is 3.55. The Balaban J connectivity index is 2.60. The van der Waals surface area contributed by atoms with Gasteiger partial charge in [-0.3, -0.25) is 0 Å². The fourth-order valence-electron chi connectivity index (χ4n) is 1.03. The van der Waals surface area contributed by atoms with Crippen LogP contribution in [0.15, 0.2) is 10.9 Å². The summed E-state index contributed by atoms with van der Waals surface area (Å²) < 4.78 is 0. The Bertz CT molecular complexity index is 216. The fraction of sp³-hybridized carbons (Fsp3) is 0.667. The van der Waals surface area contributed by atoms with Crippen LogP contribution in [0.3, 0.4) is 0 Å². The normalized spacial score (nSPS) is 15.9. The molecule has 0 spiro atoms. The van der Waals surface area contributed by atoms with Crippen LogP contribution in [0.1, 0.15) is 26.0 Å². The fourth-order valence-corrected chi connectivity index (χ4v) is 1.87. The van der Waals surface area contributed by atoms with E-state index in [0.29, 0.717) is 5.88 Å². The van der Waals surface area contributed by atoms with E-state index in [9.17, 15) is 0 Å². The van der Waals surface area contributed by atoms with Gasteiger partial charge >= 0.3 is 0 Å². The van der Waals surface area contributed by atoms with Crippen molar-refractivity contribution in [1.82, 2.24) is 4.98 Å². The van der Waals surface area contributed by atoms with Gasteiger partial charge in [0.05, 0.1) is 11.2 Å². The minimum absolute atomic E-state index is 0.218. The maximum Gasteiger partial charge on any atom is 0.0794 e. The van der Waals surface area contributed by atoms with Gasteiger partial charge in [-0.15, -0.1) is 22.9 Å². The zero-order valence-electron chi connectivity index (χ0n) is 7.51. The summed E-state index contributed by atoms with van der Waals surface area (Å²) in [6, 6.07) is 0. The Kier molecular flexibility index (Phi) is 3.53. The van der Waals surface area contributed by atoms with Crippen LogP contribution in [-0.4, -0.2) is 10.9 Å². The molecule has 1 aromatic heterocycles. The van der Waals surface area contributed by atoms with Crippen molar-refractivity contribution < 1.29 is 0 Å². The Morgan fingerprint density at radius 1 is 1.67 bits per heavy atom. The van der Waals surface area contributed by atoms with Gasteiger partial charge in [0.25, 0.3) is 0 Å². The average Bonchev–Trinajstić information content (AvgIpc) is 2.57. The molecule has 1 atom stereocenters. The van der Waals surface area contributed by atoms with Crippen LogP contribution in [0.4, 0.5) is 0 Å². The first-order valence-corrected chi connectivity index (χ1v) is 5.61. The lowest BCUT2D eigenvalue weighted by Gasteiger charge is -2.23. The van der Waals surface area contributed by atoms with E-state index in [-0.39, 0.29) is 5.41 Å². The molecule has 0 aliphatic carbocycles. The third-order valence-electron chi connectivity index (χ3n) is 2.27. The molecule has 12 heavy (non-hydrogen) atoms. The monoisotopic (exact) mass is 203 g/mol. The second-order valence-corrected chi connectivity index (χ2v) is 4.44. The SMILES string of the molecule is CCC(C)(CCl)Cc1cscn1. The van der Waals surface area contributed by atoms with Gasteiger partial charge in [-0.25, -0.2) is 4.98 Å². The van der Waals surface area contributed by atoms with Crippen molar-refractivity contribution in [3.8, 4) is 0 Å². The van der Waals surface area contributed by atoms with Crippen LogP contribution in [0.2, 0.25) is 0 Å². The summed E-state index contributed by atoms with van der Waals surface area (Å²) in [4.78, 5) is 4.26. The largest absolute Gasteiger partial charge is 0.250 e. The molecule has 0 aliphatic heterocycles. The highest BCUT2D eigenvalue weighted by molar-refractivity contribution is 7.07. The van der Waals surface area contributed by atoms with Crippen LogP contribution in [0, 0.1) is 5.41 Å². The number of hydrogen-bond donors (Lipinski definition) is 0. The summed E-state index contributed by atoms with van der Waals surface area (Å²) in [6.45, 7) is 4.38. The van der Waals surface area contributed by atoms with Crippen LogP contribution in [0.25, 0.3) is 0 Å². The van der Waals surface area contributed by atoms with Gasteiger partial charge in [0.2, 0.25) is 0 Å². The Hall–Kier alpha value is -0.0800. The molecule has 0 amide bonds. The van der Waals surface area contributed by atoms with E-state index in [2.05, 4.69) is 24.2 Å². The molecule has 1 heterocycles. The molecular formula is C9H14ClNS. The highest BCUT2D eigenvalue weighted by Crippen LogP contribution is 2.27. The van der Waals surface area contributed by atoms with Crippen molar-refractivity contribution in [2.24, 2.45) is 5.41 Å². The first-order chi connectivity index (χ1) is 5.70. The maximum absolute atomic E-state index is 5.90. The zero-order valence-corrected chi connectivity index (χ0v) is 9.08. The highest BCUT2D eigenvalue weighted by Gasteiger charge is 2.21. The van der Waals surface area contributed by atoms with Gasteiger partial charge in [0.1, 0.15) is 0 Å². The predicted octanol–water partition coefficient (Wildman–Crippen LogP) is 3.34. The molecule has 68 valence electrons. The predicted molar refractivity (Wildman–Crippen MR) is 54.9 cm³/mol. The smallest absolute Gasteiger partial charge is 0.0794 e. The van der Waals surface area contributed by atoms with E-state index >= 15 is 0 Å². The molecule has 0 bridgehead atoms. The van der Waals surface area contributed by atoms with Crippen LogP contribution < -0.4 is 0 Å². The van der Waals surface area contributed by atoms with Gasteiger partial charge in [-0.2, -0.15) is 0 Å². The molecule has 0 aromatic carbocycles. The van der Waals surface area contributed by atoms with Crippen molar-refractivity contribution >= 4 is 22.9 Å². The zero-order chi connectivity index (χ0) is 9.03. The minimum Gasteiger partial charge on any atom is -0.250 e. The molecule has 0 radical (unpaired) electrons. The first-order valence-electron chi connectivity index (χ1n) is 4.13. The van der Waals surface area contributed by atoms with Crippen molar-refractivity contribution in [2.75, 3.05) is 5.88 Å². The molecule has 3 heteroatoms. The van der Waals surface area contributed by atoms with E-state index in [1.54, 1.807) is 11.3 Å². The van der Waals surface area contributed by atoms with E-state index in [1.165, 1.54) is 5.69 Å². The molecule has 0 aliphatic rings. The number of rotatable bonds is 4. The topological polar surface area (TPSA) is 12.9 Å². The summed E-state index contributed by atoms with van der Waals surface area (Å²) in [6.07, 6.45) is 2.10. The van der Waals surface area contributed by atoms with Crippen molar-refractivity contribution in [2.45, 2.75) is 26.7 Å². The van der Waals surface area contributed by atoms with E-state index in [0.717, 1.165) is 12.8 Å².